The number of hydrogen-bond acceptors (Lipinski definition) is 6. The predicted octanol–water partition coefficient (Wildman–Crippen LogP) is 0.568. The molecule has 2 aliphatic heterocycles. The van der Waals surface area contributed by atoms with E-state index in [1.165, 1.54) is 22.5 Å². The van der Waals surface area contributed by atoms with Gasteiger partial charge in [-0.1, -0.05) is 6.07 Å². The molecular formula is C16H22N4O5S. The third-order valence-electron chi connectivity index (χ3n) is 5.05. The van der Waals surface area contributed by atoms with E-state index in [2.05, 4.69) is 5.32 Å². The summed E-state index contributed by atoms with van der Waals surface area (Å²) in [7, 11) is -2.28. The normalized spacial score (nSPS) is 23.9. The maximum atomic E-state index is 13.0. The van der Waals surface area contributed by atoms with Gasteiger partial charge >= 0.3 is 0 Å². The minimum Gasteiger partial charge on any atom is -0.340 e. The molecular weight excluding hydrogens is 360 g/mol. The Bertz CT molecular complexity index is 807. The molecule has 0 saturated carbocycles. The van der Waals surface area contributed by atoms with Gasteiger partial charge in [0.2, 0.25) is 15.9 Å². The highest BCUT2D eigenvalue weighted by molar-refractivity contribution is 7.89. The molecule has 9 nitrogen and oxygen atoms in total. The summed E-state index contributed by atoms with van der Waals surface area (Å²) in [4.78, 5) is 24.7. The molecule has 3 rings (SSSR count). The summed E-state index contributed by atoms with van der Waals surface area (Å²) in [5.74, 6) is -0.217. The van der Waals surface area contributed by atoms with Gasteiger partial charge in [-0.25, -0.2) is 8.42 Å². The first kappa shape index (κ1) is 18.7. The van der Waals surface area contributed by atoms with Crippen molar-refractivity contribution in [3.05, 3.63) is 34.4 Å². The molecule has 142 valence electrons. The second kappa shape index (κ2) is 7.29. The van der Waals surface area contributed by atoms with Crippen molar-refractivity contribution in [3.63, 3.8) is 0 Å². The number of amides is 1. The number of sulfonamides is 1. The van der Waals surface area contributed by atoms with Crippen LogP contribution in [0.15, 0.2) is 29.2 Å². The van der Waals surface area contributed by atoms with E-state index in [0.29, 0.717) is 19.4 Å². The highest BCUT2D eigenvalue weighted by atomic mass is 32.2. The van der Waals surface area contributed by atoms with E-state index < -0.39 is 21.0 Å². The lowest BCUT2D eigenvalue weighted by Crippen LogP contribution is -2.50. The Morgan fingerprint density at radius 1 is 1.38 bits per heavy atom. The Labute approximate surface area is 152 Å². The molecule has 2 heterocycles. The average molecular weight is 382 g/mol. The van der Waals surface area contributed by atoms with Crippen molar-refractivity contribution in [3.8, 4) is 0 Å². The summed E-state index contributed by atoms with van der Waals surface area (Å²) < 4.78 is 27.2. The van der Waals surface area contributed by atoms with Crippen LogP contribution in [-0.4, -0.2) is 67.2 Å². The zero-order valence-corrected chi connectivity index (χ0v) is 15.3. The van der Waals surface area contributed by atoms with Gasteiger partial charge in [-0.3, -0.25) is 14.9 Å². The van der Waals surface area contributed by atoms with Crippen molar-refractivity contribution in [2.24, 2.45) is 0 Å². The lowest BCUT2D eigenvalue weighted by atomic mass is 10.1. The number of carbonyl (C=O) groups excluding carboxylic acids is 1. The number of rotatable bonds is 5. The van der Waals surface area contributed by atoms with Gasteiger partial charge in [0.05, 0.1) is 9.82 Å². The third kappa shape index (κ3) is 3.44. The summed E-state index contributed by atoms with van der Waals surface area (Å²) in [6.45, 7) is 1.77. The third-order valence-corrected chi connectivity index (χ3v) is 6.96. The molecule has 2 unspecified atom stereocenters. The molecule has 10 heteroatoms. The first-order valence-corrected chi connectivity index (χ1v) is 10.00. The maximum absolute atomic E-state index is 13.0. The van der Waals surface area contributed by atoms with Crippen LogP contribution in [0.4, 0.5) is 5.69 Å². The monoisotopic (exact) mass is 382 g/mol. The molecule has 0 spiro atoms. The van der Waals surface area contributed by atoms with Crippen LogP contribution in [0.25, 0.3) is 0 Å². The molecule has 0 aliphatic carbocycles. The smallest absolute Gasteiger partial charge is 0.270 e. The van der Waals surface area contributed by atoms with Crippen molar-refractivity contribution in [1.29, 1.82) is 0 Å². The first-order chi connectivity index (χ1) is 12.3. The Morgan fingerprint density at radius 3 is 2.81 bits per heavy atom. The van der Waals surface area contributed by atoms with E-state index in [1.54, 1.807) is 11.9 Å². The van der Waals surface area contributed by atoms with Crippen LogP contribution in [0.3, 0.4) is 0 Å². The fourth-order valence-corrected chi connectivity index (χ4v) is 5.24. The van der Waals surface area contributed by atoms with Crippen molar-refractivity contribution in [2.45, 2.75) is 36.2 Å². The molecule has 26 heavy (non-hydrogen) atoms. The molecule has 2 saturated heterocycles. The van der Waals surface area contributed by atoms with Crippen LogP contribution in [0, 0.1) is 10.1 Å². The van der Waals surface area contributed by atoms with E-state index in [1.807, 2.05) is 0 Å². The summed E-state index contributed by atoms with van der Waals surface area (Å²) in [6, 6.07) is 4.25. The average Bonchev–Trinajstić information content (AvgIpc) is 3.32. The van der Waals surface area contributed by atoms with Crippen molar-refractivity contribution in [2.75, 3.05) is 26.7 Å². The fourth-order valence-electron chi connectivity index (χ4n) is 3.55. The molecule has 2 fully saturated rings. The number of nitrogens with one attached hydrogen (secondary N) is 1. The summed E-state index contributed by atoms with van der Waals surface area (Å²) in [6.07, 6.45) is 1.88. The number of likely N-dealkylation sites (N-methyl/N-ethyl adjacent to an activating group) is 1. The molecule has 1 aromatic rings. The summed E-state index contributed by atoms with van der Waals surface area (Å²) in [5.41, 5.74) is -0.290. The van der Waals surface area contributed by atoms with Gasteiger partial charge < -0.3 is 10.2 Å². The van der Waals surface area contributed by atoms with Crippen molar-refractivity contribution >= 4 is 21.6 Å². The van der Waals surface area contributed by atoms with Gasteiger partial charge in [0.1, 0.15) is 6.04 Å². The Kier molecular flexibility index (Phi) is 5.26. The number of nitro groups is 1. The molecule has 2 aliphatic rings. The van der Waals surface area contributed by atoms with Gasteiger partial charge in [0.25, 0.3) is 5.69 Å². The molecule has 1 aromatic carbocycles. The Morgan fingerprint density at radius 2 is 2.15 bits per heavy atom. The van der Waals surface area contributed by atoms with E-state index >= 15 is 0 Å². The second-order valence-electron chi connectivity index (χ2n) is 6.62. The topological polar surface area (TPSA) is 113 Å². The van der Waals surface area contributed by atoms with Gasteiger partial charge in [-0.05, 0) is 31.9 Å². The molecule has 0 radical (unpaired) electrons. The van der Waals surface area contributed by atoms with Gasteiger partial charge in [-0.15, -0.1) is 0 Å². The zero-order valence-electron chi connectivity index (χ0n) is 14.5. The highest BCUT2D eigenvalue weighted by Gasteiger charge is 2.42. The van der Waals surface area contributed by atoms with Gasteiger partial charge in [0.15, 0.2) is 0 Å². The minimum absolute atomic E-state index is 0.0606. The lowest BCUT2D eigenvalue weighted by molar-refractivity contribution is -0.385. The van der Waals surface area contributed by atoms with Crippen LogP contribution in [-0.2, 0) is 14.8 Å². The van der Waals surface area contributed by atoms with Crippen LogP contribution < -0.4 is 5.32 Å². The van der Waals surface area contributed by atoms with Crippen LogP contribution in [0.2, 0.25) is 0 Å². The number of nitrogens with zero attached hydrogens (tertiary/aromatic N) is 3. The number of non-ortho nitro benzene ring substituents is 1. The Hall–Kier alpha value is -2.04. The van der Waals surface area contributed by atoms with E-state index in [9.17, 15) is 23.3 Å². The first-order valence-electron chi connectivity index (χ1n) is 8.56. The van der Waals surface area contributed by atoms with Gasteiger partial charge in [-0.2, -0.15) is 4.31 Å². The summed E-state index contributed by atoms with van der Waals surface area (Å²) in [5, 5.41) is 14.1. The Balaban J connectivity index is 1.85. The molecule has 1 N–H and O–H groups in total. The standard InChI is InChI=1S/C16H22N4O5S/c1-18(13-7-8-17-11-13)16(21)15-6-3-9-19(15)26(24,25)14-5-2-4-12(10-14)20(22)23/h2,4-5,10,13,15,17H,3,6-9,11H2,1H3. The number of nitro benzene ring substituents is 1. The van der Waals surface area contributed by atoms with Gasteiger partial charge in [0, 0.05) is 38.3 Å². The molecule has 0 bridgehead atoms. The molecule has 1 amide bonds. The van der Waals surface area contributed by atoms with Crippen LogP contribution >= 0.6 is 0 Å². The maximum Gasteiger partial charge on any atom is 0.270 e. The SMILES string of the molecule is CN(C(=O)C1CCCN1S(=O)(=O)c1cccc([N+](=O)[O-])c1)C1CCNC1. The zero-order chi connectivity index (χ0) is 18.9. The number of hydrogen-bond donors (Lipinski definition) is 1. The largest absolute Gasteiger partial charge is 0.340 e. The number of benzene rings is 1. The second-order valence-corrected chi connectivity index (χ2v) is 8.51. The highest BCUT2D eigenvalue weighted by Crippen LogP contribution is 2.29. The predicted molar refractivity (Wildman–Crippen MR) is 94.1 cm³/mol. The van der Waals surface area contributed by atoms with E-state index in [0.717, 1.165) is 19.0 Å². The van der Waals surface area contributed by atoms with E-state index in [4.69, 9.17) is 0 Å². The summed E-state index contributed by atoms with van der Waals surface area (Å²) >= 11 is 0. The minimum atomic E-state index is -3.98. The van der Waals surface area contributed by atoms with Crippen molar-refractivity contribution in [1.82, 2.24) is 14.5 Å². The lowest BCUT2D eigenvalue weighted by Gasteiger charge is -2.30. The molecule has 2 atom stereocenters. The quantitative estimate of drug-likeness (QED) is 0.588. The number of carbonyl (C=O) groups is 1. The van der Waals surface area contributed by atoms with Crippen LogP contribution in [0.5, 0.6) is 0 Å². The van der Waals surface area contributed by atoms with Crippen molar-refractivity contribution < 1.29 is 18.1 Å². The molecule has 0 aromatic heterocycles. The van der Waals surface area contributed by atoms with Crippen LogP contribution in [0.1, 0.15) is 19.3 Å². The van der Waals surface area contributed by atoms with E-state index in [-0.39, 0.29) is 29.1 Å². The fraction of sp³-hybridized carbons (Fsp3) is 0.562.